The molecule has 2 aliphatic heterocycles. The predicted molar refractivity (Wildman–Crippen MR) is 142 cm³/mol. The first kappa shape index (κ1) is 22.5. The Morgan fingerprint density at radius 2 is 1.44 bits per heavy atom. The van der Waals surface area contributed by atoms with E-state index in [9.17, 15) is 5.21 Å². The highest BCUT2D eigenvalue weighted by atomic mass is 32.2. The summed E-state index contributed by atoms with van der Waals surface area (Å²) in [5.74, 6) is -1.23. The van der Waals surface area contributed by atoms with Gasteiger partial charge in [-0.25, -0.2) is 0 Å². The Labute approximate surface area is 206 Å². The molecular weight excluding hydrogens is 440 g/mol. The molecule has 3 aromatic rings. The predicted octanol–water partition coefficient (Wildman–Crippen LogP) is 5.52. The number of hydrogen-bond donors (Lipinski definition) is 0. The number of hydrogen-bond acceptors (Lipinski definition) is 4. The van der Waals surface area contributed by atoms with Crippen LogP contribution in [-0.4, -0.2) is 46.4 Å². The average molecular weight is 471 g/mol. The SMILES string of the molecule is CS/C(=N\C1(c2ccccc2)N(c2ccccc2)CC(c2ccccc2)=[N+]1[O-])N1CCCCC1. The van der Waals surface area contributed by atoms with Crippen LogP contribution in [0.5, 0.6) is 0 Å². The van der Waals surface area contributed by atoms with Gasteiger partial charge in [0.05, 0.1) is 5.56 Å². The fraction of sp³-hybridized carbons (Fsp3) is 0.286. The van der Waals surface area contributed by atoms with E-state index in [1.54, 1.807) is 11.8 Å². The number of piperidine rings is 1. The Morgan fingerprint density at radius 3 is 2.06 bits per heavy atom. The van der Waals surface area contributed by atoms with Gasteiger partial charge in [0, 0.05) is 24.3 Å². The zero-order valence-electron chi connectivity index (χ0n) is 19.5. The minimum absolute atomic E-state index is 0.470. The number of aliphatic imine (C=N–C) groups is 1. The molecule has 34 heavy (non-hydrogen) atoms. The van der Waals surface area contributed by atoms with Gasteiger partial charge in [0.25, 0.3) is 0 Å². The van der Waals surface area contributed by atoms with Crippen molar-refractivity contribution < 1.29 is 4.74 Å². The second-order valence-electron chi connectivity index (χ2n) is 8.68. The number of thioether (sulfide) groups is 1. The molecule has 2 heterocycles. The van der Waals surface area contributed by atoms with Crippen molar-refractivity contribution in [2.75, 3.05) is 30.8 Å². The lowest BCUT2D eigenvalue weighted by Gasteiger charge is -2.36. The number of amidine groups is 1. The van der Waals surface area contributed by atoms with Crippen LogP contribution >= 0.6 is 11.8 Å². The van der Waals surface area contributed by atoms with Crippen LogP contribution in [0, 0.1) is 5.21 Å². The smallest absolute Gasteiger partial charge is 0.379 e. The second kappa shape index (κ2) is 9.94. The topological polar surface area (TPSA) is 44.9 Å². The van der Waals surface area contributed by atoms with Gasteiger partial charge in [-0.2, -0.15) is 9.73 Å². The standard InChI is InChI=1S/C28H30N4OS/c1-34-27(30-20-12-5-13-21-30)29-28(24-16-8-3-9-17-24)31(25-18-10-4-11-19-25)22-26(32(28)33)23-14-6-2-7-15-23/h2-4,6-11,14-19H,5,12-13,20-22H2,1H3/b29-27-. The number of anilines is 1. The van der Waals surface area contributed by atoms with Gasteiger partial charge in [0.15, 0.2) is 5.17 Å². The van der Waals surface area contributed by atoms with E-state index in [2.05, 4.69) is 28.2 Å². The minimum atomic E-state index is -1.23. The maximum atomic E-state index is 14.4. The number of likely N-dealkylation sites (tertiary alicyclic amines) is 1. The molecule has 1 fully saturated rings. The molecule has 5 nitrogen and oxygen atoms in total. The first-order valence-electron chi connectivity index (χ1n) is 11.9. The third-order valence-corrected chi connectivity index (χ3v) is 7.32. The Balaban J connectivity index is 1.76. The summed E-state index contributed by atoms with van der Waals surface area (Å²) in [6.07, 6.45) is 5.62. The number of nitrogens with zero attached hydrogens (tertiary/aromatic N) is 4. The molecule has 0 N–H and O–H groups in total. The lowest BCUT2D eigenvalue weighted by molar-refractivity contribution is -0.547. The highest BCUT2D eigenvalue weighted by Crippen LogP contribution is 2.41. The fourth-order valence-electron chi connectivity index (χ4n) is 4.91. The monoisotopic (exact) mass is 470 g/mol. The molecule has 3 aromatic carbocycles. The van der Waals surface area contributed by atoms with Gasteiger partial charge in [-0.3, -0.25) is 4.90 Å². The van der Waals surface area contributed by atoms with Crippen molar-refractivity contribution in [2.24, 2.45) is 4.99 Å². The van der Waals surface area contributed by atoms with Crippen molar-refractivity contribution in [3.8, 4) is 0 Å². The van der Waals surface area contributed by atoms with Crippen LogP contribution in [0.2, 0.25) is 0 Å². The van der Waals surface area contributed by atoms with Crippen LogP contribution < -0.4 is 4.90 Å². The summed E-state index contributed by atoms with van der Waals surface area (Å²) >= 11 is 1.63. The van der Waals surface area contributed by atoms with Gasteiger partial charge >= 0.3 is 5.79 Å². The van der Waals surface area contributed by atoms with Gasteiger partial charge in [-0.1, -0.05) is 66.4 Å². The van der Waals surface area contributed by atoms with Crippen LogP contribution in [0.4, 0.5) is 5.69 Å². The molecule has 1 saturated heterocycles. The maximum Gasteiger partial charge on any atom is 0.379 e. The first-order valence-corrected chi connectivity index (χ1v) is 13.1. The molecule has 0 spiro atoms. The zero-order valence-corrected chi connectivity index (χ0v) is 20.3. The van der Waals surface area contributed by atoms with Crippen LogP contribution in [0.15, 0.2) is 96.0 Å². The molecule has 5 rings (SSSR count). The first-order chi connectivity index (χ1) is 16.7. The van der Waals surface area contributed by atoms with Crippen LogP contribution in [0.25, 0.3) is 0 Å². The summed E-state index contributed by atoms with van der Waals surface area (Å²) in [6.45, 7) is 2.42. The third kappa shape index (κ3) is 4.07. The van der Waals surface area contributed by atoms with Crippen molar-refractivity contribution in [3.05, 3.63) is 107 Å². The molecule has 0 radical (unpaired) electrons. The van der Waals surface area contributed by atoms with Crippen molar-refractivity contribution in [3.63, 3.8) is 0 Å². The summed E-state index contributed by atoms with van der Waals surface area (Å²) in [4.78, 5) is 9.85. The molecule has 2 aliphatic rings. The van der Waals surface area contributed by atoms with Crippen LogP contribution in [0.3, 0.4) is 0 Å². The molecule has 174 valence electrons. The van der Waals surface area contributed by atoms with E-state index in [0.29, 0.717) is 6.54 Å². The molecule has 6 heteroatoms. The Hall–Kier alpha value is -3.25. The maximum absolute atomic E-state index is 14.4. The van der Waals surface area contributed by atoms with Gasteiger partial charge < -0.3 is 10.1 Å². The van der Waals surface area contributed by atoms with Crippen molar-refractivity contribution in [2.45, 2.75) is 25.0 Å². The van der Waals surface area contributed by atoms with E-state index >= 15 is 0 Å². The molecule has 0 aliphatic carbocycles. The Bertz CT molecular complexity index is 1160. The highest BCUT2D eigenvalue weighted by Gasteiger charge is 2.55. The number of hydroxylamine groups is 1. The van der Waals surface area contributed by atoms with E-state index in [1.807, 2.05) is 78.9 Å². The lowest BCUT2D eigenvalue weighted by Crippen LogP contribution is -2.48. The van der Waals surface area contributed by atoms with E-state index in [1.165, 1.54) is 6.42 Å². The van der Waals surface area contributed by atoms with Gasteiger partial charge in [0.1, 0.15) is 6.54 Å². The summed E-state index contributed by atoms with van der Waals surface area (Å²) in [5, 5.41) is 15.4. The van der Waals surface area contributed by atoms with E-state index in [4.69, 9.17) is 4.99 Å². The Kier molecular flexibility index (Phi) is 6.59. The third-order valence-electron chi connectivity index (χ3n) is 6.61. The zero-order chi connectivity index (χ0) is 23.4. The van der Waals surface area contributed by atoms with Gasteiger partial charge in [0.2, 0.25) is 5.71 Å². The van der Waals surface area contributed by atoms with Crippen LogP contribution in [-0.2, 0) is 5.79 Å². The minimum Gasteiger partial charge on any atom is -0.620 e. The number of rotatable bonds is 4. The quantitative estimate of drug-likeness (QED) is 0.218. The van der Waals surface area contributed by atoms with Gasteiger partial charge in [-0.05, 0) is 61.9 Å². The molecule has 0 saturated carbocycles. The molecule has 0 amide bonds. The van der Waals surface area contributed by atoms with Crippen molar-refractivity contribution in [1.29, 1.82) is 0 Å². The summed E-state index contributed by atoms with van der Waals surface area (Å²) in [5.41, 5.74) is 3.48. The summed E-state index contributed by atoms with van der Waals surface area (Å²) in [7, 11) is 0. The van der Waals surface area contributed by atoms with E-state index in [0.717, 1.165) is 58.4 Å². The molecule has 0 bridgehead atoms. The molecular formula is C28H30N4OS. The average Bonchev–Trinajstić information content (AvgIpc) is 3.22. The fourth-order valence-corrected chi connectivity index (χ4v) is 5.57. The van der Waals surface area contributed by atoms with Crippen LogP contribution in [0.1, 0.15) is 30.4 Å². The summed E-state index contributed by atoms with van der Waals surface area (Å²) < 4.78 is 1.14. The second-order valence-corrected chi connectivity index (χ2v) is 9.45. The highest BCUT2D eigenvalue weighted by molar-refractivity contribution is 8.13. The normalized spacial score (nSPS) is 21.3. The van der Waals surface area contributed by atoms with Crippen molar-refractivity contribution >= 4 is 28.3 Å². The number of para-hydroxylation sites is 1. The van der Waals surface area contributed by atoms with E-state index < -0.39 is 5.79 Å². The number of benzene rings is 3. The van der Waals surface area contributed by atoms with Gasteiger partial charge in [-0.15, -0.1) is 0 Å². The van der Waals surface area contributed by atoms with Crippen molar-refractivity contribution in [1.82, 2.24) is 4.90 Å². The Morgan fingerprint density at radius 1 is 0.853 bits per heavy atom. The molecule has 1 atom stereocenters. The lowest BCUT2D eigenvalue weighted by atomic mass is 10.1. The van der Waals surface area contributed by atoms with E-state index in [-0.39, 0.29) is 0 Å². The summed E-state index contributed by atoms with van der Waals surface area (Å²) in [6, 6.07) is 30.1. The largest absolute Gasteiger partial charge is 0.620 e. The molecule has 1 unspecified atom stereocenters. The molecule has 0 aromatic heterocycles.